The zero-order chi connectivity index (χ0) is 20.8. The Kier molecular flexibility index (Phi) is 5.81. The lowest BCUT2D eigenvalue weighted by molar-refractivity contribution is -0.491. The number of hydrogen-bond acceptors (Lipinski definition) is 5. The molecule has 0 aromatic heterocycles. The average molecular weight is 392 g/mol. The molecule has 1 rings (SSSR count). The van der Waals surface area contributed by atoms with Crippen molar-refractivity contribution in [2.75, 3.05) is 20.3 Å². The highest BCUT2D eigenvalue weighted by Crippen LogP contribution is 2.58. The maximum atomic E-state index is 14.8. The minimum absolute atomic E-state index is 0.407. The van der Waals surface area contributed by atoms with Crippen LogP contribution in [0.15, 0.2) is 0 Å². The molecule has 1 aliphatic heterocycles. The molecule has 0 aromatic rings. The monoisotopic (exact) mass is 392 g/mol. The Hall–Kier alpha value is -1.00. The first-order valence-electron chi connectivity index (χ1n) is 7.99. The normalized spacial score (nSPS) is 35.2. The molecule has 3 atom stereocenters. The van der Waals surface area contributed by atoms with Crippen molar-refractivity contribution >= 4 is 5.97 Å². The minimum Gasteiger partial charge on any atom is -0.464 e. The van der Waals surface area contributed by atoms with E-state index in [-0.39, 0.29) is 0 Å². The third kappa shape index (κ3) is 3.09. The Labute approximate surface area is 148 Å². The number of carbonyl (C=O) groups is 1. The summed E-state index contributed by atoms with van der Waals surface area (Å²) in [6, 6.07) is 0. The molecule has 0 amide bonds. The predicted octanol–water partition coefficient (Wildman–Crippen LogP) is 3.29. The van der Waals surface area contributed by atoms with Crippen LogP contribution >= 0.6 is 0 Å². The van der Waals surface area contributed by atoms with Crippen LogP contribution in [0.4, 0.5) is 22.0 Å². The van der Waals surface area contributed by atoms with Gasteiger partial charge in [0.25, 0.3) is 0 Å². The summed E-state index contributed by atoms with van der Waals surface area (Å²) in [7, 11) is 0.798. The largest absolute Gasteiger partial charge is 0.464 e. The van der Waals surface area contributed by atoms with Gasteiger partial charge in [0, 0.05) is 7.11 Å². The number of carbonyl (C=O) groups excluding carboxylic acids is 1. The van der Waals surface area contributed by atoms with E-state index in [4.69, 9.17) is 9.47 Å². The summed E-state index contributed by atoms with van der Waals surface area (Å²) in [6.45, 7) is 5.12. The summed E-state index contributed by atoms with van der Waals surface area (Å²) in [5.41, 5.74) is -5.59. The van der Waals surface area contributed by atoms with Gasteiger partial charge in [-0.15, -0.1) is 0 Å². The van der Waals surface area contributed by atoms with E-state index < -0.39 is 53.5 Å². The molecule has 3 unspecified atom stereocenters. The van der Waals surface area contributed by atoms with Crippen LogP contribution in [0.2, 0.25) is 0 Å². The van der Waals surface area contributed by atoms with E-state index >= 15 is 0 Å². The van der Waals surface area contributed by atoms with E-state index in [0.29, 0.717) is 6.42 Å². The van der Waals surface area contributed by atoms with E-state index in [1.54, 1.807) is 20.8 Å². The van der Waals surface area contributed by atoms with Crippen LogP contribution in [0.3, 0.4) is 0 Å². The third-order valence-electron chi connectivity index (χ3n) is 5.53. The summed E-state index contributed by atoms with van der Waals surface area (Å²) in [5, 5.41) is 9.59. The van der Waals surface area contributed by atoms with Gasteiger partial charge in [0.2, 0.25) is 0 Å². The van der Waals surface area contributed by atoms with Crippen LogP contribution in [-0.2, 0) is 19.0 Å². The van der Waals surface area contributed by atoms with Gasteiger partial charge < -0.3 is 19.3 Å². The van der Waals surface area contributed by atoms with Crippen molar-refractivity contribution in [2.45, 2.75) is 64.5 Å². The SMILES string of the molecule is CCC(C)(C)C(=O)OCC1(C)COC(O)(C(F)(F)F)C(F)(F)C1(C)OC. The topological polar surface area (TPSA) is 65.0 Å². The van der Waals surface area contributed by atoms with Crippen LogP contribution in [0, 0.1) is 10.8 Å². The van der Waals surface area contributed by atoms with Crippen molar-refractivity contribution in [1.29, 1.82) is 0 Å². The number of aliphatic hydroxyl groups is 1. The van der Waals surface area contributed by atoms with Crippen LogP contribution in [-0.4, -0.2) is 54.9 Å². The maximum absolute atomic E-state index is 14.8. The van der Waals surface area contributed by atoms with Crippen LogP contribution in [0.1, 0.15) is 41.0 Å². The van der Waals surface area contributed by atoms with E-state index in [2.05, 4.69) is 4.74 Å². The van der Waals surface area contributed by atoms with Gasteiger partial charge >= 0.3 is 23.9 Å². The molecule has 0 saturated carbocycles. The molecule has 5 nitrogen and oxygen atoms in total. The molecule has 1 N–H and O–H groups in total. The Morgan fingerprint density at radius 3 is 2.12 bits per heavy atom. The Morgan fingerprint density at radius 2 is 1.73 bits per heavy atom. The zero-order valence-electron chi connectivity index (χ0n) is 15.6. The van der Waals surface area contributed by atoms with Gasteiger partial charge in [0.15, 0.2) is 0 Å². The second kappa shape index (κ2) is 6.56. The number of esters is 1. The molecule has 1 fully saturated rings. The first-order valence-corrected chi connectivity index (χ1v) is 7.99. The van der Waals surface area contributed by atoms with E-state index in [0.717, 1.165) is 21.0 Å². The summed E-state index contributed by atoms with van der Waals surface area (Å²) in [4.78, 5) is 12.1. The van der Waals surface area contributed by atoms with Gasteiger partial charge in [-0.05, 0) is 27.2 Å². The van der Waals surface area contributed by atoms with Crippen molar-refractivity contribution in [3.63, 3.8) is 0 Å². The number of halogens is 5. The number of methoxy groups -OCH3 is 1. The summed E-state index contributed by atoms with van der Waals surface area (Å²) < 4.78 is 82.8. The fourth-order valence-corrected chi connectivity index (χ4v) is 2.57. The summed E-state index contributed by atoms with van der Waals surface area (Å²) >= 11 is 0. The van der Waals surface area contributed by atoms with Crippen molar-refractivity contribution in [3.05, 3.63) is 0 Å². The quantitative estimate of drug-likeness (QED) is 0.575. The summed E-state index contributed by atoms with van der Waals surface area (Å²) in [5.74, 6) is -10.3. The number of ether oxygens (including phenoxy) is 3. The lowest BCUT2D eigenvalue weighted by atomic mass is 9.67. The molecule has 154 valence electrons. The number of hydrogen-bond donors (Lipinski definition) is 1. The van der Waals surface area contributed by atoms with Crippen molar-refractivity contribution in [1.82, 2.24) is 0 Å². The molecule has 26 heavy (non-hydrogen) atoms. The lowest BCUT2D eigenvalue weighted by Gasteiger charge is -2.57. The Morgan fingerprint density at radius 1 is 1.23 bits per heavy atom. The molecular weight excluding hydrogens is 367 g/mol. The average Bonchev–Trinajstić information content (AvgIpc) is 2.53. The number of rotatable bonds is 5. The van der Waals surface area contributed by atoms with Crippen molar-refractivity contribution < 1.29 is 46.1 Å². The molecule has 0 bridgehead atoms. The molecule has 0 aliphatic carbocycles. The van der Waals surface area contributed by atoms with E-state index in [1.807, 2.05) is 0 Å². The summed E-state index contributed by atoms with van der Waals surface area (Å²) in [6.07, 6.45) is -5.36. The van der Waals surface area contributed by atoms with Crippen molar-refractivity contribution in [3.8, 4) is 0 Å². The first-order chi connectivity index (χ1) is 11.5. The highest BCUT2D eigenvalue weighted by Gasteiger charge is 2.83. The highest BCUT2D eigenvalue weighted by atomic mass is 19.4. The fourth-order valence-electron chi connectivity index (χ4n) is 2.57. The molecule has 0 spiro atoms. The molecule has 0 radical (unpaired) electrons. The van der Waals surface area contributed by atoms with Gasteiger partial charge in [0.1, 0.15) is 12.2 Å². The van der Waals surface area contributed by atoms with Crippen LogP contribution in [0.25, 0.3) is 0 Å². The predicted molar refractivity (Wildman–Crippen MR) is 80.5 cm³/mol. The second-order valence-electron chi connectivity index (χ2n) is 7.62. The van der Waals surface area contributed by atoms with E-state index in [9.17, 15) is 31.9 Å². The van der Waals surface area contributed by atoms with E-state index in [1.165, 1.54) is 0 Å². The van der Waals surface area contributed by atoms with Crippen LogP contribution in [0.5, 0.6) is 0 Å². The zero-order valence-corrected chi connectivity index (χ0v) is 15.6. The molecule has 1 heterocycles. The lowest BCUT2D eigenvalue weighted by Crippen LogP contribution is -2.78. The van der Waals surface area contributed by atoms with Gasteiger partial charge in [-0.3, -0.25) is 4.79 Å². The van der Waals surface area contributed by atoms with Gasteiger partial charge in [0.05, 0.1) is 17.4 Å². The fraction of sp³-hybridized carbons (Fsp3) is 0.938. The highest BCUT2D eigenvalue weighted by molar-refractivity contribution is 5.75. The van der Waals surface area contributed by atoms with Crippen molar-refractivity contribution in [2.24, 2.45) is 10.8 Å². The minimum atomic E-state index is -5.77. The first kappa shape index (κ1) is 23.0. The second-order valence-corrected chi connectivity index (χ2v) is 7.62. The molecule has 1 aliphatic rings. The maximum Gasteiger partial charge on any atom is 0.449 e. The number of alkyl halides is 5. The standard InChI is InChI=1S/C16H25F5O5/c1-7-11(2,3)10(22)25-8-12(4)9-26-15(23,16(19,20)21)14(17,18)13(12,5)24-6/h23H,7-9H2,1-6H3. The molecule has 10 heteroatoms. The Bertz CT molecular complexity index is 550. The molecule has 1 saturated heterocycles. The van der Waals surface area contributed by atoms with Gasteiger partial charge in [-0.2, -0.15) is 22.0 Å². The Balaban J connectivity index is 3.25. The third-order valence-corrected chi connectivity index (χ3v) is 5.53. The van der Waals surface area contributed by atoms with Gasteiger partial charge in [-0.1, -0.05) is 13.8 Å². The smallest absolute Gasteiger partial charge is 0.449 e. The van der Waals surface area contributed by atoms with Crippen LogP contribution < -0.4 is 0 Å². The molecule has 0 aromatic carbocycles. The van der Waals surface area contributed by atoms with Gasteiger partial charge in [-0.25, -0.2) is 0 Å². The molecular formula is C16H25F5O5.